The summed E-state index contributed by atoms with van der Waals surface area (Å²) in [5.41, 5.74) is 5.30. The van der Waals surface area contributed by atoms with Gasteiger partial charge in [-0.15, -0.1) is 0 Å². The summed E-state index contributed by atoms with van der Waals surface area (Å²) in [6.45, 7) is 2.61. The fourth-order valence-electron chi connectivity index (χ4n) is 2.04. The minimum absolute atomic E-state index is 0.138. The monoisotopic (exact) mass is 294 g/mol. The van der Waals surface area contributed by atoms with Crippen molar-refractivity contribution in [3.8, 4) is 5.75 Å². The Morgan fingerprint density at radius 2 is 2.40 bits per heavy atom. The molecule has 0 bridgehead atoms. The molecule has 0 aliphatic carbocycles. The number of nitrogens with two attached hydrogens (primary N) is 1. The Bertz CT molecular complexity index is 513. The van der Waals surface area contributed by atoms with Crippen molar-refractivity contribution in [2.24, 2.45) is 5.73 Å². The van der Waals surface area contributed by atoms with Crippen LogP contribution in [0.2, 0.25) is 0 Å². The lowest BCUT2D eigenvalue weighted by Gasteiger charge is -2.22. The third-order valence-corrected chi connectivity index (χ3v) is 3.29. The van der Waals surface area contributed by atoms with Crippen LogP contribution in [-0.2, 0) is 9.53 Å². The molecule has 1 saturated heterocycles. The van der Waals surface area contributed by atoms with Crippen molar-refractivity contribution in [1.82, 2.24) is 0 Å². The first-order valence-electron chi connectivity index (χ1n) is 6.46. The van der Waals surface area contributed by atoms with E-state index in [1.54, 1.807) is 24.3 Å². The second-order valence-corrected chi connectivity index (χ2v) is 5.44. The van der Waals surface area contributed by atoms with Gasteiger partial charge in [-0.05, 0) is 31.9 Å². The predicted octanol–water partition coefficient (Wildman–Crippen LogP) is 1.86. The zero-order valence-corrected chi connectivity index (χ0v) is 12.2. The molecule has 0 saturated carbocycles. The highest BCUT2D eigenvalue weighted by atomic mass is 32.1. The van der Waals surface area contributed by atoms with Gasteiger partial charge in [0.2, 0.25) is 0 Å². The van der Waals surface area contributed by atoms with E-state index in [1.165, 1.54) is 0 Å². The van der Waals surface area contributed by atoms with Crippen LogP contribution in [0.5, 0.6) is 5.75 Å². The summed E-state index contributed by atoms with van der Waals surface area (Å²) in [5.74, 6) is 0.467. The fraction of sp³-hybridized carbons (Fsp3) is 0.429. The summed E-state index contributed by atoms with van der Waals surface area (Å²) in [7, 11) is 0. The molecule has 1 atom stereocenters. The first kappa shape index (κ1) is 14.7. The molecule has 1 unspecified atom stereocenters. The van der Waals surface area contributed by atoms with Crippen LogP contribution in [0.25, 0.3) is 0 Å². The first-order chi connectivity index (χ1) is 9.49. The second-order valence-electron chi connectivity index (χ2n) is 4.92. The van der Waals surface area contributed by atoms with Crippen LogP contribution in [0.4, 0.5) is 5.69 Å². The molecule has 3 N–H and O–H groups in total. The number of anilines is 1. The Balaban J connectivity index is 2.00. The molecule has 0 aromatic heterocycles. The number of nitrogens with one attached hydrogen (secondary N) is 1. The molecule has 1 aromatic rings. The molecule has 108 valence electrons. The molecule has 1 heterocycles. The van der Waals surface area contributed by atoms with Crippen LogP contribution < -0.4 is 15.8 Å². The van der Waals surface area contributed by atoms with Crippen molar-refractivity contribution in [2.45, 2.75) is 25.4 Å². The Labute approximate surface area is 123 Å². The summed E-state index contributed by atoms with van der Waals surface area (Å²) in [6.07, 6.45) is 1.64. The van der Waals surface area contributed by atoms with Gasteiger partial charge in [0, 0.05) is 18.4 Å². The van der Waals surface area contributed by atoms with Gasteiger partial charge in [-0.25, -0.2) is 0 Å². The topological polar surface area (TPSA) is 73.6 Å². The third-order valence-electron chi connectivity index (χ3n) is 3.17. The summed E-state index contributed by atoms with van der Waals surface area (Å²) < 4.78 is 10.9. The predicted molar refractivity (Wildman–Crippen MR) is 80.9 cm³/mol. The molecular weight excluding hydrogens is 276 g/mol. The van der Waals surface area contributed by atoms with Crippen molar-refractivity contribution in [2.75, 3.05) is 18.5 Å². The van der Waals surface area contributed by atoms with Crippen molar-refractivity contribution >= 4 is 28.8 Å². The van der Waals surface area contributed by atoms with E-state index in [9.17, 15) is 4.79 Å². The number of hydrogen-bond acceptors (Lipinski definition) is 4. The summed E-state index contributed by atoms with van der Waals surface area (Å²) in [4.78, 5) is 12.5. The zero-order valence-electron chi connectivity index (χ0n) is 11.3. The zero-order chi connectivity index (χ0) is 14.6. The fourth-order valence-corrected chi connectivity index (χ4v) is 2.10. The van der Waals surface area contributed by atoms with Crippen molar-refractivity contribution in [1.29, 1.82) is 0 Å². The number of hydrogen-bond donors (Lipinski definition) is 2. The molecule has 1 aliphatic rings. The molecule has 1 aliphatic heterocycles. The van der Waals surface area contributed by atoms with Crippen LogP contribution in [-0.4, -0.2) is 29.7 Å². The molecule has 0 spiro atoms. The van der Waals surface area contributed by atoms with Crippen LogP contribution in [0.15, 0.2) is 24.3 Å². The van der Waals surface area contributed by atoms with E-state index in [4.69, 9.17) is 27.4 Å². The van der Waals surface area contributed by atoms with Gasteiger partial charge >= 0.3 is 0 Å². The van der Waals surface area contributed by atoms with E-state index in [2.05, 4.69) is 5.32 Å². The SMILES string of the molecule is CC1(C(=O)Nc2cccc(OCC(N)=S)c2)CCCO1. The summed E-state index contributed by atoms with van der Waals surface area (Å²) >= 11 is 4.75. The minimum atomic E-state index is -0.740. The highest BCUT2D eigenvalue weighted by Gasteiger charge is 2.37. The standard InChI is InChI=1S/C14H18N2O3S/c1-14(6-3-7-19-14)13(17)16-10-4-2-5-11(8-10)18-9-12(15)20/h2,4-5,8H,3,6-7,9H2,1H3,(H2,15,20)(H,16,17). The summed E-state index contributed by atoms with van der Waals surface area (Å²) in [6, 6.07) is 7.10. The number of amides is 1. The van der Waals surface area contributed by atoms with Gasteiger partial charge in [-0.2, -0.15) is 0 Å². The van der Waals surface area contributed by atoms with E-state index in [-0.39, 0.29) is 17.5 Å². The first-order valence-corrected chi connectivity index (χ1v) is 6.87. The highest BCUT2D eigenvalue weighted by molar-refractivity contribution is 7.80. The average Bonchev–Trinajstić information content (AvgIpc) is 2.85. The highest BCUT2D eigenvalue weighted by Crippen LogP contribution is 2.27. The number of carbonyl (C=O) groups excluding carboxylic acids is 1. The van der Waals surface area contributed by atoms with Crippen LogP contribution in [0.3, 0.4) is 0 Å². The molecule has 20 heavy (non-hydrogen) atoms. The van der Waals surface area contributed by atoms with Gasteiger partial charge < -0.3 is 20.5 Å². The van der Waals surface area contributed by atoms with Gasteiger partial charge in [0.25, 0.3) is 5.91 Å². The minimum Gasteiger partial charge on any atom is -0.486 e. The maximum Gasteiger partial charge on any atom is 0.256 e. The average molecular weight is 294 g/mol. The Morgan fingerprint density at radius 1 is 1.60 bits per heavy atom. The Hall–Kier alpha value is -1.66. The molecule has 1 fully saturated rings. The maximum atomic E-state index is 12.2. The van der Waals surface area contributed by atoms with E-state index in [0.29, 0.717) is 18.0 Å². The van der Waals surface area contributed by atoms with Gasteiger partial charge in [-0.1, -0.05) is 18.3 Å². The maximum absolute atomic E-state index is 12.2. The van der Waals surface area contributed by atoms with Gasteiger partial charge in [0.1, 0.15) is 22.9 Å². The van der Waals surface area contributed by atoms with Crippen molar-refractivity contribution in [3.63, 3.8) is 0 Å². The number of thiocarbonyl (C=S) groups is 1. The van der Waals surface area contributed by atoms with Crippen LogP contribution >= 0.6 is 12.2 Å². The molecule has 1 amide bonds. The summed E-state index contributed by atoms with van der Waals surface area (Å²) in [5, 5.41) is 2.84. The largest absolute Gasteiger partial charge is 0.486 e. The Kier molecular flexibility index (Phi) is 4.57. The van der Waals surface area contributed by atoms with E-state index < -0.39 is 5.60 Å². The third kappa shape index (κ3) is 3.68. The smallest absolute Gasteiger partial charge is 0.256 e. The number of ether oxygens (including phenoxy) is 2. The van der Waals surface area contributed by atoms with Crippen molar-refractivity contribution < 1.29 is 14.3 Å². The van der Waals surface area contributed by atoms with Crippen LogP contribution in [0.1, 0.15) is 19.8 Å². The van der Waals surface area contributed by atoms with E-state index >= 15 is 0 Å². The van der Waals surface area contributed by atoms with Gasteiger partial charge in [-0.3, -0.25) is 4.79 Å². The lowest BCUT2D eigenvalue weighted by Crippen LogP contribution is -2.39. The lowest BCUT2D eigenvalue weighted by atomic mass is 10.0. The quantitative estimate of drug-likeness (QED) is 0.811. The lowest BCUT2D eigenvalue weighted by molar-refractivity contribution is -0.133. The molecule has 1 aromatic carbocycles. The molecule has 6 heteroatoms. The van der Waals surface area contributed by atoms with Crippen molar-refractivity contribution in [3.05, 3.63) is 24.3 Å². The Morgan fingerprint density at radius 3 is 3.05 bits per heavy atom. The van der Waals surface area contributed by atoms with Gasteiger partial charge in [0.15, 0.2) is 0 Å². The second kappa shape index (κ2) is 6.19. The normalized spacial score (nSPS) is 21.4. The molecular formula is C14H18N2O3S. The van der Waals surface area contributed by atoms with E-state index in [1.807, 2.05) is 6.92 Å². The van der Waals surface area contributed by atoms with E-state index in [0.717, 1.165) is 12.8 Å². The number of carbonyl (C=O) groups is 1. The van der Waals surface area contributed by atoms with Crippen LogP contribution in [0, 0.1) is 0 Å². The number of benzene rings is 1. The molecule has 0 radical (unpaired) electrons. The molecule has 5 nitrogen and oxygen atoms in total. The van der Waals surface area contributed by atoms with Gasteiger partial charge in [0.05, 0.1) is 0 Å². The number of rotatable bonds is 5. The molecule has 2 rings (SSSR count).